The Kier molecular flexibility index (Phi) is 13.3. The lowest BCUT2D eigenvalue weighted by molar-refractivity contribution is -0.690. The van der Waals surface area contributed by atoms with Gasteiger partial charge >= 0.3 is 0 Å². The van der Waals surface area contributed by atoms with Crippen molar-refractivity contribution in [1.29, 1.82) is 5.26 Å². The molecular weight excluding hydrogens is 903 g/mol. The molecule has 0 N–H and O–H groups in total. The van der Waals surface area contributed by atoms with Crippen molar-refractivity contribution in [3.05, 3.63) is 182 Å². The molecule has 0 radical (unpaired) electrons. The monoisotopic (exact) mass is 916 g/mol. The molecular formula is C39H13BF20N2O. The fourth-order valence-corrected chi connectivity index (χ4v) is 6.68. The van der Waals surface area contributed by atoms with Gasteiger partial charge in [0.1, 0.15) is 59.1 Å². The van der Waals surface area contributed by atoms with E-state index in [4.69, 9.17) is 5.26 Å². The second-order valence-electron chi connectivity index (χ2n) is 12.8. The molecule has 328 valence electrons. The highest BCUT2D eigenvalue weighted by molar-refractivity contribution is 7.20. The lowest BCUT2D eigenvalue weighted by Gasteiger charge is -2.44. The summed E-state index contributed by atoms with van der Waals surface area (Å²) in [5.41, 5.74) is -12.6. The molecule has 1 aromatic heterocycles. The maximum Gasteiger partial charge on any atom is 0.250 e. The zero-order chi connectivity index (χ0) is 47.2. The van der Waals surface area contributed by atoms with Gasteiger partial charge < -0.3 is 0 Å². The van der Waals surface area contributed by atoms with E-state index in [9.17, 15) is 57.5 Å². The van der Waals surface area contributed by atoms with Gasteiger partial charge in [-0.25, -0.2) is 87.8 Å². The Labute approximate surface area is 337 Å². The van der Waals surface area contributed by atoms with E-state index in [1.165, 1.54) is 0 Å². The normalized spacial score (nSPS) is 11.3. The van der Waals surface area contributed by atoms with Crippen LogP contribution in [0.1, 0.15) is 22.5 Å². The molecule has 6 aromatic rings. The number of carbonyl (C=O) groups excluding carboxylic acids is 1. The number of halogens is 20. The SMILES string of the molecule is Fc1c(F)c(F)c([B-](c2c(F)c(F)c(F)c(F)c2F)(c2c(F)c(F)c(F)c(F)c2F)c2c(F)c(F)c(F)c(F)c2F)c(F)c1F.N#CCC(=O)c1cccc[n+]1Cc1ccccc1. The van der Waals surface area contributed by atoms with Gasteiger partial charge in [-0.15, -0.1) is 21.9 Å². The van der Waals surface area contributed by atoms with Gasteiger partial charge in [0.25, 0.3) is 0 Å². The van der Waals surface area contributed by atoms with Crippen LogP contribution in [-0.4, -0.2) is 11.9 Å². The third-order valence-electron chi connectivity index (χ3n) is 9.37. The summed E-state index contributed by atoms with van der Waals surface area (Å²) in [4.78, 5) is 11.8. The van der Waals surface area contributed by atoms with Gasteiger partial charge in [-0.2, -0.15) is 9.83 Å². The highest BCUT2D eigenvalue weighted by Crippen LogP contribution is 2.30. The van der Waals surface area contributed by atoms with Gasteiger partial charge in [0.05, 0.1) is 6.07 Å². The third kappa shape index (κ3) is 7.58. The second-order valence-corrected chi connectivity index (χ2v) is 12.8. The minimum atomic E-state index is -7.22. The summed E-state index contributed by atoms with van der Waals surface area (Å²) < 4.78 is 296. The van der Waals surface area contributed by atoms with Gasteiger partial charge in [-0.05, 0) is 6.07 Å². The summed E-state index contributed by atoms with van der Waals surface area (Å²) in [6.07, 6.45) is -5.44. The quantitative estimate of drug-likeness (QED) is 0.0389. The van der Waals surface area contributed by atoms with Crippen molar-refractivity contribution in [3.63, 3.8) is 0 Å². The number of benzene rings is 5. The molecule has 63 heavy (non-hydrogen) atoms. The van der Waals surface area contributed by atoms with Crippen LogP contribution in [0.4, 0.5) is 87.8 Å². The molecule has 5 aromatic carbocycles. The summed E-state index contributed by atoms with van der Waals surface area (Å²) in [5, 5.41) is 8.60. The van der Waals surface area contributed by atoms with Crippen molar-refractivity contribution in [2.24, 2.45) is 0 Å². The summed E-state index contributed by atoms with van der Waals surface area (Å²) in [7, 11) is 0. The molecule has 3 nitrogen and oxygen atoms in total. The van der Waals surface area contributed by atoms with Crippen molar-refractivity contribution >= 4 is 33.8 Å². The third-order valence-corrected chi connectivity index (χ3v) is 9.37. The van der Waals surface area contributed by atoms with E-state index >= 15 is 35.1 Å². The van der Waals surface area contributed by atoms with Crippen LogP contribution in [0.3, 0.4) is 0 Å². The highest BCUT2D eigenvalue weighted by atomic mass is 19.2. The van der Waals surface area contributed by atoms with E-state index in [0.29, 0.717) is 12.2 Å². The molecule has 0 spiro atoms. The predicted octanol–water partition coefficient (Wildman–Crippen LogP) is 7.96. The van der Waals surface area contributed by atoms with E-state index < -0.39 is 144 Å². The fraction of sp³-hybridized carbons (Fsp3) is 0.0513. The van der Waals surface area contributed by atoms with Crippen LogP contribution in [0, 0.1) is 128 Å². The Balaban J connectivity index is 0.000000345. The summed E-state index contributed by atoms with van der Waals surface area (Å²) in [6, 6.07) is 17.3. The number of carbonyl (C=O) groups is 1. The first-order valence-corrected chi connectivity index (χ1v) is 16.7. The molecule has 24 heteroatoms. The zero-order valence-corrected chi connectivity index (χ0v) is 30.0. The van der Waals surface area contributed by atoms with E-state index in [0.717, 1.165) is 5.56 Å². The van der Waals surface area contributed by atoms with E-state index in [1.807, 2.05) is 59.3 Å². The Morgan fingerprint density at radius 3 is 0.968 bits per heavy atom. The van der Waals surface area contributed by atoms with Crippen LogP contribution in [-0.2, 0) is 6.54 Å². The van der Waals surface area contributed by atoms with Crippen molar-refractivity contribution in [2.75, 3.05) is 0 Å². The van der Waals surface area contributed by atoms with Crippen molar-refractivity contribution < 1.29 is 97.2 Å². The van der Waals surface area contributed by atoms with Gasteiger partial charge in [0.2, 0.25) is 11.5 Å². The van der Waals surface area contributed by atoms with Crippen molar-refractivity contribution in [3.8, 4) is 6.07 Å². The summed E-state index contributed by atoms with van der Waals surface area (Å²) >= 11 is 0. The lowest BCUT2D eigenvalue weighted by Crippen LogP contribution is -2.81. The van der Waals surface area contributed by atoms with Gasteiger partial charge in [-0.1, -0.05) is 30.3 Å². The number of ketones is 1. The molecule has 6 rings (SSSR count). The van der Waals surface area contributed by atoms with E-state index in [1.54, 1.807) is 6.07 Å². The zero-order valence-electron chi connectivity index (χ0n) is 30.0. The van der Waals surface area contributed by atoms with Crippen LogP contribution < -0.4 is 26.4 Å². The first kappa shape index (κ1) is 47.1. The smallest absolute Gasteiger partial charge is 0.250 e. The molecule has 0 unspecified atom stereocenters. The standard InChI is InChI=1S/C24BF20.C15H13N2O/c26-5-1(6(27)14(35)21(42)13(5)34)25(2-7(28)15(36)22(43)16(37)8(2)29,3-9(30)17(38)23(44)18(39)10(3)31)4-11(32)19(40)24(45)20(41)12(4)33;16-10-9-15(18)14-8-4-5-11-17(14)12-13-6-2-1-3-7-13/h;1-8,11H,9,12H2/q-1;+1. The molecule has 0 amide bonds. The van der Waals surface area contributed by atoms with E-state index in [-0.39, 0.29) is 12.2 Å². The Bertz CT molecular complexity index is 2500. The number of aromatic nitrogens is 1. The lowest BCUT2D eigenvalue weighted by atomic mass is 9.12. The molecule has 0 aliphatic heterocycles. The molecule has 0 bridgehead atoms. The average Bonchev–Trinajstić information content (AvgIpc) is 3.27. The molecule has 0 aliphatic rings. The van der Waals surface area contributed by atoms with Crippen LogP contribution in [0.25, 0.3) is 0 Å². The number of hydrogen-bond donors (Lipinski definition) is 0. The number of nitriles is 1. The minimum Gasteiger partial charge on any atom is -0.286 e. The number of Topliss-reactive ketones (excluding diaryl/α,β-unsaturated/α-hetero) is 1. The minimum absolute atomic E-state index is 0.0845. The largest absolute Gasteiger partial charge is 0.286 e. The van der Waals surface area contributed by atoms with Crippen molar-refractivity contribution in [1.82, 2.24) is 0 Å². The average molecular weight is 916 g/mol. The topological polar surface area (TPSA) is 44.7 Å². The molecule has 0 aliphatic carbocycles. The maximum absolute atomic E-state index is 15.4. The van der Waals surface area contributed by atoms with Crippen LogP contribution in [0.15, 0.2) is 54.7 Å². The molecule has 0 saturated carbocycles. The summed E-state index contributed by atoms with van der Waals surface area (Å²) in [5.74, 6) is -71.5. The van der Waals surface area contributed by atoms with Gasteiger partial charge in [-0.3, -0.25) is 4.79 Å². The first-order valence-electron chi connectivity index (χ1n) is 16.7. The maximum atomic E-state index is 15.4. The highest BCUT2D eigenvalue weighted by Gasteiger charge is 2.52. The molecule has 0 saturated heterocycles. The Hall–Kier alpha value is -6.93. The first-order chi connectivity index (χ1) is 29.5. The van der Waals surface area contributed by atoms with E-state index in [2.05, 4.69) is 0 Å². The molecule has 0 atom stereocenters. The number of nitrogens with zero attached hydrogens (tertiary/aromatic N) is 2. The van der Waals surface area contributed by atoms with Gasteiger partial charge in [0, 0.05) is 17.7 Å². The number of pyridine rings is 1. The molecule has 0 fully saturated rings. The van der Waals surface area contributed by atoms with Crippen LogP contribution >= 0.6 is 0 Å². The Morgan fingerprint density at radius 1 is 0.413 bits per heavy atom. The second kappa shape index (κ2) is 17.8. The number of rotatable bonds is 8. The fourth-order valence-electron chi connectivity index (χ4n) is 6.68. The van der Waals surface area contributed by atoms with Crippen molar-refractivity contribution in [2.45, 2.75) is 13.0 Å². The Morgan fingerprint density at radius 2 is 0.683 bits per heavy atom. The number of hydrogen-bond acceptors (Lipinski definition) is 2. The van der Waals surface area contributed by atoms with Crippen LogP contribution in [0.2, 0.25) is 0 Å². The molecule has 1 heterocycles. The van der Waals surface area contributed by atoms with Gasteiger partial charge in [0.15, 0.2) is 82.5 Å². The summed E-state index contributed by atoms with van der Waals surface area (Å²) in [6.45, 7) is 0.633. The predicted molar refractivity (Wildman–Crippen MR) is 176 cm³/mol. The van der Waals surface area contributed by atoms with Crippen LogP contribution in [0.5, 0.6) is 0 Å².